The van der Waals surface area contributed by atoms with Crippen LogP contribution in [0.15, 0.2) is 48.5 Å². The normalized spacial score (nSPS) is 10.8. The third-order valence-corrected chi connectivity index (χ3v) is 3.29. The monoisotopic (exact) mass is 381 g/mol. The quantitative estimate of drug-likeness (QED) is 0.687. The molecule has 0 saturated carbocycles. The van der Waals surface area contributed by atoms with Gasteiger partial charge in [0.15, 0.2) is 0 Å². The number of hydrogen-bond donors (Lipinski definition) is 3. The summed E-state index contributed by atoms with van der Waals surface area (Å²) >= 11 is 0. The summed E-state index contributed by atoms with van der Waals surface area (Å²) in [6, 6.07) is 11.5. The van der Waals surface area contributed by atoms with Crippen LogP contribution in [0.1, 0.15) is 17.3 Å². The molecule has 0 aliphatic heterocycles. The second-order valence-electron chi connectivity index (χ2n) is 5.41. The van der Waals surface area contributed by atoms with E-state index in [1.165, 1.54) is 12.1 Å². The van der Waals surface area contributed by atoms with Gasteiger partial charge in [-0.15, -0.1) is 13.2 Å². The SMILES string of the molecule is CCNC(=O)c1cccc(NC(=O)CNc2ccc(OC(F)(F)F)cc2)c1. The third kappa shape index (κ3) is 6.89. The molecule has 3 N–H and O–H groups in total. The molecule has 27 heavy (non-hydrogen) atoms. The lowest BCUT2D eigenvalue weighted by Crippen LogP contribution is -2.24. The average molecular weight is 381 g/mol. The van der Waals surface area contributed by atoms with E-state index in [0.29, 0.717) is 23.5 Å². The minimum atomic E-state index is -4.75. The van der Waals surface area contributed by atoms with Crippen molar-refractivity contribution in [3.63, 3.8) is 0 Å². The van der Waals surface area contributed by atoms with Crippen LogP contribution in [0, 0.1) is 0 Å². The Morgan fingerprint density at radius 2 is 1.74 bits per heavy atom. The molecule has 0 spiro atoms. The van der Waals surface area contributed by atoms with Crippen LogP contribution in [0.2, 0.25) is 0 Å². The lowest BCUT2D eigenvalue weighted by atomic mass is 10.2. The van der Waals surface area contributed by atoms with Crippen LogP contribution in [0.3, 0.4) is 0 Å². The van der Waals surface area contributed by atoms with Crippen molar-refractivity contribution in [2.45, 2.75) is 13.3 Å². The number of benzene rings is 2. The van der Waals surface area contributed by atoms with Crippen LogP contribution in [-0.4, -0.2) is 31.3 Å². The Labute approximate surface area is 153 Å². The average Bonchev–Trinajstić information content (AvgIpc) is 2.60. The molecule has 0 unspecified atom stereocenters. The van der Waals surface area contributed by atoms with E-state index >= 15 is 0 Å². The van der Waals surface area contributed by atoms with Gasteiger partial charge in [0.1, 0.15) is 5.75 Å². The first-order valence-corrected chi connectivity index (χ1v) is 8.04. The van der Waals surface area contributed by atoms with Gasteiger partial charge < -0.3 is 20.7 Å². The highest BCUT2D eigenvalue weighted by atomic mass is 19.4. The molecule has 0 aromatic heterocycles. The van der Waals surface area contributed by atoms with E-state index in [-0.39, 0.29) is 24.1 Å². The lowest BCUT2D eigenvalue weighted by molar-refractivity contribution is -0.274. The van der Waals surface area contributed by atoms with Crippen molar-refractivity contribution >= 4 is 23.2 Å². The number of amides is 2. The first kappa shape index (κ1) is 20.1. The Morgan fingerprint density at radius 3 is 2.37 bits per heavy atom. The minimum Gasteiger partial charge on any atom is -0.406 e. The van der Waals surface area contributed by atoms with Crippen molar-refractivity contribution < 1.29 is 27.5 Å². The van der Waals surface area contributed by atoms with Crippen molar-refractivity contribution in [3.8, 4) is 5.75 Å². The molecular weight excluding hydrogens is 363 g/mol. The highest BCUT2D eigenvalue weighted by Gasteiger charge is 2.30. The fraction of sp³-hybridized carbons (Fsp3) is 0.222. The molecule has 2 rings (SSSR count). The molecule has 0 atom stereocenters. The highest BCUT2D eigenvalue weighted by molar-refractivity contribution is 5.98. The van der Waals surface area contributed by atoms with Crippen molar-refractivity contribution in [1.29, 1.82) is 0 Å². The van der Waals surface area contributed by atoms with Crippen molar-refractivity contribution in [1.82, 2.24) is 5.32 Å². The van der Waals surface area contributed by atoms with Crippen molar-refractivity contribution in [3.05, 3.63) is 54.1 Å². The molecule has 2 aromatic carbocycles. The van der Waals surface area contributed by atoms with Crippen LogP contribution in [0.25, 0.3) is 0 Å². The molecule has 0 bridgehead atoms. The van der Waals surface area contributed by atoms with Gasteiger partial charge in [0.05, 0.1) is 6.54 Å². The van der Waals surface area contributed by atoms with Gasteiger partial charge in [0.25, 0.3) is 5.91 Å². The summed E-state index contributed by atoms with van der Waals surface area (Å²) in [6.45, 7) is 2.19. The molecule has 144 valence electrons. The maximum absolute atomic E-state index is 12.1. The van der Waals surface area contributed by atoms with Crippen LogP contribution in [-0.2, 0) is 4.79 Å². The number of rotatable bonds is 7. The van der Waals surface area contributed by atoms with Gasteiger partial charge >= 0.3 is 6.36 Å². The number of hydrogen-bond acceptors (Lipinski definition) is 4. The number of carbonyl (C=O) groups excluding carboxylic acids is 2. The van der Waals surface area contributed by atoms with Crippen LogP contribution < -0.4 is 20.7 Å². The summed E-state index contributed by atoms with van der Waals surface area (Å²) in [4.78, 5) is 23.8. The molecule has 0 aliphatic rings. The van der Waals surface area contributed by atoms with Gasteiger partial charge in [-0.2, -0.15) is 0 Å². The highest BCUT2D eigenvalue weighted by Crippen LogP contribution is 2.23. The van der Waals surface area contributed by atoms with Crippen LogP contribution >= 0.6 is 0 Å². The van der Waals surface area contributed by atoms with E-state index < -0.39 is 6.36 Å². The molecule has 9 heteroatoms. The summed E-state index contributed by atoms with van der Waals surface area (Å²) in [5.41, 5.74) is 1.33. The number of carbonyl (C=O) groups is 2. The summed E-state index contributed by atoms with van der Waals surface area (Å²) in [7, 11) is 0. The van der Waals surface area contributed by atoms with Crippen LogP contribution in [0.4, 0.5) is 24.5 Å². The second-order valence-corrected chi connectivity index (χ2v) is 5.41. The van der Waals surface area contributed by atoms with Gasteiger partial charge in [-0.3, -0.25) is 9.59 Å². The molecule has 2 aromatic rings. The fourth-order valence-corrected chi connectivity index (χ4v) is 2.16. The van der Waals surface area contributed by atoms with Gasteiger partial charge in [0, 0.05) is 23.5 Å². The number of anilines is 2. The first-order chi connectivity index (χ1) is 12.8. The summed E-state index contributed by atoms with van der Waals surface area (Å²) < 4.78 is 40.1. The Bertz CT molecular complexity index is 792. The van der Waals surface area contributed by atoms with Crippen molar-refractivity contribution in [2.75, 3.05) is 23.7 Å². The fourth-order valence-electron chi connectivity index (χ4n) is 2.16. The summed E-state index contributed by atoms with van der Waals surface area (Å²) in [5, 5.41) is 8.08. The van der Waals surface area contributed by atoms with Gasteiger partial charge in [-0.1, -0.05) is 6.07 Å². The zero-order valence-corrected chi connectivity index (χ0v) is 14.4. The predicted molar refractivity (Wildman–Crippen MR) is 94.7 cm³/mol. The van der Waals surface area contributed by atoms with Gasteiger partial charge in [-0.05, 0) is 49.4 Å². The first-order valence-electron chi connectivity index (χ1n) is 8.04. The van der Waals surface area contributed by atoms with E-state index in [9.17, 15) is 22.8 Å². The molecule has 0 radical (unpaired) electrons. The Balaban J connectivity index is 1.87. The Morgan fingerprint density at radius 1 is 1.04 bits per heavy atom. The smallest absolute Gasteiger partial charge is 0.406 e. The predicted octanol–water partition coefficient (Wildman–Crippen LogP) is 3.39. The van der Waals surface area contributed by atoms with Gasteiger partial charge in [-0.25, -0.2) is 0 Å². The largest absolute Gasteiger partial charge is 0.573 e. The summed E-state index contributed by atoms with van der Waals surface area (Å²) in [6.07, 6.45) is -4.75. The maximum atomic E-state index is 12.1. The van der Waals surface area contributed by atoms with E-state index in [4.69, 9.17) is 0 Å². The molecule has 0 fully saturated rings. The molecule has 0 aliphatic carbocycles. The molecule has 2 amide bonds. The standard InChI is InChI=1S/C18H18F3N3O3/c1-2-22-17(26)12-4-3-5-14(10-12)24-16(25)11-23-13-6-8-15(9-7-13)27-18(19,20)21/h3-10,23H,2,11H2,1H3,(H,22,26)(H,24,25). The molecule has 6 nitrogen and oxygen atoms in total. The van der Waals surface area contributed by atoms with E-state index in [2.05, 4.69) is 20.7 Å². The second kappa shape index (κ2) is 8.93. The maximum Gasteiger partial charge on any atom is 0.573 e. The minimum absolute atomic E-state index is 0.106. The van der Waals surface area contributed by atoms with E-state index in [1.54, 1.807) is 31.2 Å². The lowest BCUT2D eigenvalue weighted by Gasteiger charge is -2.11. The zero-order chi connectivity index (χ0) is 19.9. The van der Waals surface area contributed by atoms with Gasteiger partial charge in [0.2, 0.25) is 5.91 Å². The molecular formula is C18H18F3N3O3. The number of alkyl halides is 3. The van der Waals surface area contributed by atoms with E-state index in [0.717, 1.165) is 12.1 Å². The summed E-state index contributed by atoms with van der Waals surface area (Å²) in [5.74, 6) is -0.966. The van der Waals surface area contributed by atoms with Crippen LogP contribution in [0.5, 0.6) is 5.75 Å². The molecule has 0 heterocycles. The van der Waals surface area contributed by atoms with E-state index in [1.807, 2.05) is 0 Å². The molecule has 0 saturated heterocycles. The topological polar surface area (TPSA) is 79.5 Å². The Kier molecular flexibility index (Phi) is 6.64. The third-order valence-electron chi connectivity index (χ3n) is 3.29. The Hall–Kier alpha value is -3.23. The van der Waals surface area contributed by atoms with Crippen molar-refractivity contribution in [2.24, 2.45) is 0 Å². The number of ether oxygens (including phenoxy) is 1. The number of nitrogens with one attached hydrogen (secondary N) is 3. The zero-order valence-electron chi connectivity index (χ0n) is 14.4. The number of halogens is 3.